The minimum Gasteiger partial charge on any atom is -0.509 e. The van der Waals surface area contributed by atoms with Crippen LogP contribution in [0.1, 0.15) is 6.92 Å². The fraction of sp³-hybridized carbons (Fsp3) is 0.500. The number of cyclic esters (lactones) is 1. The van der Waals surface area contributed by atoms with Crippen molar-refractivity contribution in [3.63, 3.8) is 0 Å². The molecule has 0 aromatic carbocycles. The molecule has 0 spiro atoms. The van der Waals surface area contributed by atoms with Crippen LogP contribution in [0.4, 0.5) is 0 Å². The standard InChI is InChI=1S/C6H8O4/c1-3-6(9)4(7)2-5(8)10-3/h2-3,6-7,9H,1H3/t3-,6-/m1/s1. The summed E-state index contributed by atoms with van der Waals surface area (Å²) in [6, 6.07) is 0. The molecule has 0 aliphatic carbocycles. The van der Waals surface area contributed by atoms with Crippen LogP contribution in [0.3, 0.4) is 0 Å². The van der Waals surface area contributed by atoms with Crippen molar-refractivity contribution in [2.75, 3.05) is 0 Å². The first-order valence-corrected chi connectivity index (χ1v) is 2.90. The SMILES string of the molecule is C[C@H]1OC(=O)C=C(O)[C@@H]1O. The van der Waals surface area contributed by atoms with E-state index in [2.05, 4.69) is 4.74 Å². The molecule has 0 amide bonds. The van der Waals surface area contributed by atoms with Crippen LogP contribution < -0.4 is 0 Å². The number of esters is 1. The second-order valence-corrected chi connectivity index (χ2v) is 2.16. The molecule has 1 aliphatic heterocycles. The highest BCUT2D eigenvalue weighted by Gasteiger charge is 2.26. The minimum absolute atomic E-state index is 0.330. The molecule has 0 unspecified atom stereocenters. The topological polar surface area (TPSA) is 66.8 Å². The molecule has 10 heavy (non-hydrogen) atoms. The molecule has 0 saturated carbocycles. The highest BCUT2D eigenvalue weighted by Crippen LogP contribution is 2.12. The molecular formula is C6H8O4. The lowest BCUT2D eigenvalue weighted by Gasteiger charge is -2.21. The maximum Gasteiger partial charge on any atom is 0.334 e. The van der Waals surface area contributed by atoms with Crippen LogP contribution in [-0.4, -0.2) is 28.4 Å². The highest BCUT2D eigenvalue weighted by molar-refractivity contribution is 5.83. The van der Waals surface area contributed by atoms with E-state index in [-0.39, 0.29) is 5.76 Å². The van der Waals surface area contributed by atoms with Gasteiger partial charge in [-0.05, 0) is 6.92 Å². The second-order valence-electron chi connectivity index (χ2n) is 2.16. The molecule has 2 N–H and O–H groups in total. The third-order valence-corrected chi connectivity index (χ3v) is 1.32. The van der Waals surface area contributed by atoms with Crippen LogP contribution in [0.2, 0.25) is 0 Å². The van der Waals surface area contributed by atoms with Crippen LogP contribution in [0.5, 0.6) is 0 Å². The Morgan fingerprint density at radius 3 is 2.80 bits per heavy atom. The second kappa shape index (κ2) is 2.30. The number of carbonyl (C=O) groups excluding carboxylic acids is 1. The lowest BCUT2D eigenvalue weighted by molar-refractivity contribution is -0.150. The van der Waals surface area contributed by atoms with Gasteiger partial charge in [0.2, 0.25) is 0 Å². The molecule has 2 atom stereocenters. The van der Waals surface area contributed by atoms with Crippen LogP contribution in [0.25, 0.3) is 0 Å². The zero-order valence-corrected chi connectivity index (χ0v) is 5.44. The van der Waals surface area contributed by atoms with Gasteiger partial charge in [-0.3, -0.25) is 0 Å². The van der Waals surface area contributed by atoms with Crippen LogP contribution in [-0.2, 0) is 9.53 Å². The van der Waals surface area contributed by atoms with E-state index < -0.39 is 18.2 Å². The molecule has 0 bridgehead atoms. The normalized spacial score (nSPS) is 33.0. The average Bonchev–Trinajstić information content (AvgIpc) is 1.82. The van der Waals surface area contributed by atoms with Gasteiger partial charge in [0.1, 0.15) is 18.0 Å². The molecule has 56 valence electrons. The van der Waals surface area contributed by atoms with Crippen molar-refractivity contribution in [2.24, 2.45) is 0 Å². The molecule has 4 heteroatoms. The average molecular weight is 144 g/mol. The first kappa shape index (κ1) is 7.08. The molecule has 0 aromatic rings. The first-order chi connectivity index (χ1) is 4.61. The van der Waals surface area contributed by atoms with Crippen LogP contribution in [0.15, 0.2) is 11.8 Å². The van der Waals surface area contributed by atoms with Gasteiger partial charge in [-0.15, -0.1) is 0 Å². The van der Waals surface area contributed by atoms with Gasteiger partial charge in [0, 0.05) is 0 Å². The maximum atomic E-state index is 10.5. The first-order valence-electron chi connectivity index (χ1n) is 2.90. The number of hydrogen-bond donors (Lipinski definition) is 2. The lowest BCUT2D eigenvalue weighted by atomic mass is 10.1. The zero-order chi connectivity index (χ0) is 7.72. The van der Waals surface area contributed by atoms with E-state index in [9.17, 15) is 4.79 Å². The zero-order valence-electron chi connectivity index (χ0n) is 5.44. The van der Waals surface area contributed by atoms with E-state index in [1.54, 1.807) is 0 Å². The van der Waals surface area contributed by atoms with Gasteiger partial charge in [0.05, 0.1) is 6.08 Å². The Bertz CT molecular complexity index is 184. The predicted molar refractivity (Wildman–Crippen MR) is 32.3 cm³/mol. The highest BCUT2D eigenvalue weighted by atomic mass is 16.6. The number of aliphatic hydroxyl groups excluding tert-OH is 2. The summed E-state index contributed by atoms with van der Waals surface area (Å²) in [6.45, 7) is 1.51. The number of hydrogen-bond acceptors (Lipinski definition) is 4. The lowest BCUT2D eigenvalue weighted by Crippen LogP contribution is -2.34. The summed E-state index contributed by atoms with van der Waals surface area (Å²) >= 11 is 0. The van der Waals surface area contributed by atoms with E-state index in [0.717, 1.165) is 6.08 Å². The monoisotopic (exact) mass is 144 g/mol. The number of aliphatic hydroxyl groups is 2. The molecule has 1 rings (SSSR count). The van der Waals surface area contributed by atoms with Crippen molar-refractivity contribution < 1.29 is 19.7 Å². The Kier molecular flexibility index (Phi) is 1.63. The summed E-state index contributed by atoms with van der Waals surface area (Å²) in [6.07, 6.45) is -0.861. The Morgan fingerprint density at radius 2 is 2.30 bits per heavy atom. The van der Waals surface area contributed by atoms with Crippen molar-refractivity contribution in [1.82, 2.24) is 0 Å². The number of rotatable bonds is 0. The molecule has 1 heterocycles. The quantitative estimate of drug-likeness (QED) is 0.459. The Balaban J connectivity index is 2.80. The summed E-state index contributed by atoms with van der Waals surface area (Å²) in [4.78, 5) is 10.5. The fourth-order valence-electron chi connectivity index (χ4n) is 0.728. The van der Waals surface area contributed by atoms with Crippen molar-refractivity contribution >= 4 is 5.97 Å². The Labute approximate surface area is 57.7 Å². The van der Waals surface area contributed by atoms with Crippen LogP contribution >= 0.6 is 0 Å². The van der Waals surface area contributed by atoms with E-state index >= 15 is 0 Å². The fourth-order valence-corrected chi connectivity index (χ4v) is 0.728. The van der Waals surface area contributed by atoms with E-state index in [1.807, 2.05) is 0 Å². The molecule has 4 nitrogen and oxygen atoms in total. The van der Waals surface area contributed by atoms with Crippen LogP contribution in [0, 0.1) is 0 Å². The summed E-state index contributed by atoms with van der Waals surface area (Å²) in [5.41, 5.74) is 0. The number of carbonyl (C=O) groups is 1. The summed E-state index contributed by atoms with van der Waals surface area (Å²) in [5, 5.41) is 17.8. The maximum absolute atomic E-state index is 10.5. The van der Waals surface area contributed by atoms with Gasteiger partial charge in [-0.25, -0.2) is 4.79 Å². The molecule has 0 saturated heterocycles. The molecular weight excluding hydrogens is 136 g/mol. The van der Waals surface area contributed by atoms with E-state index in [1.165, 1.54) is 6.92 Å². The van der Waals surface area contributed by atoms with Crippen molar-refractivity contribution in [2.45, 2.75) is 19.1 Å². The Hall–Kier alpha value is -1.03. The van der Waals surface area contributed by atoms with E-state index in [4.69, 9.17) is 10.2 Å². The number of ether oxygens (including phenoxy) is 1. The minimum atomic E-state index is -1.07. The molecule has 1 aliphatic rings. The predicted octanol–water partition coefficient (Wildman–Crippen LogP) is -0.265. The molecule has 0 radical (unpaired) electrons. The summed E-state index contributed by atoms with van der Waals surface area (Å²) in [5.74, 6) is -0.945. The van der Waals surface area contributed by atoms with Crippen molar-refractivity contribution in [1.29, 1.82) is 0 Å². The third kappa shape index (κ3) is 1.11. The van der Waals surface area contributed by atoms with Gasteiger partial charge < -0.3 is 14.9 Å². The van der Waals surface area contributed by atoms with Crippen molar-refractivity contribution in [3.8, 4) is 0 Å². The van der Waals surface area contributed by atoms with Gasteiger partial charge in [0.15, 0.2) is 0 Å². The Morgan fingerprint density at radius 1 is 1.70 bits per heavy atom. The van der Waals surface area contributed by atoms with Gasteiger partial charge in [-0.2, -0.15) is 0 Å². The third-order valence-electron chi connectivity index (χ3n) is 1.32. The van der Waals surface area contributed by atoms with E-state index in [0.29, 0.717) is 0 Å². The summed E-state index contributed by atoms with van der Waals surface area (Å²) in [7, 11) is 0. The van der Waals surface area contributed by atoms with Gasteiger partial charge >= 0.3 is 5.97 Å². The molecule has 0 fully saturated rings. The smallest absolute Gasteiger partial charge is 0.334 e. The summed E-state index contributed by atoms with van der Waals surface area (Å²) < 4.78 is 4.54. The largest absolute Gasteiger partial charge is 0.509 e. The van der Waals surface area contributed by atoms with Crippen molar-refractivity contribution in [3.05, 3.63) is 11.8 Å². The van der Waals surface area contributed by atoms with Gasteiger partial charge in [-0.1, -0.05) is 0 Å². The molecule has 0 aromatic heterocycles. The van der Waals surface area contributed by atoms with Gasteiger partial charge in [0.25, 0.3) is 0 Å².